The van der Waals surface area contributed by atoms with Crippen molar-refractivity contribution in [1.82, 2.24) is 9.55 Å². The van der Waals surface area contributed by atoms with Crippen molar-refractivity contribution >= 4 is 11.0 Å². The van der Waals surface area contributed by atoms with Gasteiger partial charge in [-0.2, -0.15) is 0 Å². The van der Waals surface area contributed by atoms with Gasteiger partial charge in [-0.3, -0.25) is 0 Å². The molecule has 2 heteroatoms. The number of imidazole rings is 1. The summed E-state index contributed by atoms with van der Waals surface area (Å²) < 4.78 is 2.01. The fourth-order valence-corrected chi connectivity index (χ4v) is 1.17. The van der Waals surface area contributed by atoms with Gasteiger partial charge in [0, 0.05) is 7.05 Å². The minimum atomic E-state index is 1.01. The zero-order chi connectivity index (χ0) is 7.84. The molecule has 1 heterocycles. The molecule has 1 radical (unpaired) electrons. The smallest absolute Gasteiger partial charge is 0.0955 e. The van der Waals surface area contributed by atoms with Crippen LogP contribution in [0.4, 0.5) is 0 Å². The minimum absolute atomic E-state index is 1.01. The van der Waals surface area contributed by atoms with E-state index < -0.39 is 0 Å². The fraction of sp³-hybridized carbons (Fsp3) is 0.222. The van der Waals surface area contributed by atoms with E-state index >= 15 is 0 Å². The molecule has 0 bridgehead atoms. The summed E-state index contributed by atoms with van der Waals surface area (Å²) in [7, 11) is 1.99. The Kier molecular flexibility index (Phi) is 1.22. The first-order valence-electron chi connectivity index (χ1n) is 3.57. The normalized spacial score (nSPS) is 10.7. The summed E-state index contributed by atoms with van der Waals surface area (Å²) in [6.07, 6.45) is 1.82. The highest BCUT2D eigenvalue weighted by atomic mass is 15.0. The molecule has 2 aromatic rings. The number of aromatic nitrogens is 2. The number of hydrogen-bond acceptors (Lipinski definition) is 1. The SMILES string of the molecule is Cc1[c]cc2ncn(C)c2c1. The highest BCUT2D eigenvalue weighted by molar-refractivity contribution is 5.75. The van der Waals surface area contributed by atoms with E-state index in [0.29, 0.717) is 0 Å². The zero-order valence-electron chi connectivity index (χ0n) is 6.63. The molecular formula is C9H9N2. The maximum absolute atomic E-state index is 4.19. The largest absolute Gasteiger partial charge is 0.334 e. The van der Waals surface area contributed by atoms with Gasteiger partial charge in [-0.1, -0.05) is 0 Å². The first-order valence-corrected chi connectivity index (χ1v) is 3.57. The van der Waals surface area contributed by atoms with Gasteiger partial charge in [-0.05, 0) is 30.7 Å². The van der Waals surface area contributed by atoms with Crippen molar-refractivity contribution in [3.05, 3.63) is 30.1 Å². The van der Waals surface area contributed by atoms with E-state index in [0.717, 1.165) is 11.1 Å². The molecule has 1 aromatic carbocycles. The van der Waals surface area contributed by atoms with Crippen molar-refractivity contribution in [2.45, 2.75) is 6.92 Å². The van der Waals surface area contributed by atoms with E-state index in [4.69, 9.17) is 0 Å². The molecular weight excluding hydrogens is 136 g/mol. The summed E-state index contributed by atoms with van der Waals surface area (Å²) in [4.78, 5) is 4.19. The Morgan fingerprint density at radius 2 is 2.36 bits per heavy atom. The van der Waals surface area contributed by atoms with Gasteiger partial charge in [0.15, 0.2) is 0 Å². The molecule has 0 aliphatic rings. The standard InChI is InChI=1S/C9H9N2/c1-7-3-4-8-9(5-7)11(2)6-10-8/h4-6H,1-2H3. The van der Waals surface area contributed by atoms with Crippen molar-refractivity contribution in [2.24, 2.45) is 7.05 Å². The number of fused-ring (bicyclic) bond motifs is 1. The summed E-state index contributed by atoms with van der Waals surface area (Å²) in [5.41, 5.74) is 3.33. The zero-order valence-corrected chi connectivity index (χ0v) is 6.63. The first-order chi connectivity index (χ1) is 5.27. The molecule has 0 atom stereocenters. The maximum Gasteiger partial charge on any atom is 0.0955 e. The summed E-state index contributed by atoms with van der Waals surface area (Å²) in [5.74, 6) is 0. The van der Waals surface area contributed by atoms with Crippen LogP contribution in [0.2, 0.25) is 0 Å². The van der Waals surface area contributed by atoms with Gasteiger partial charge in [0.2, 0.25) is 0 Å². The van der Waals surface area contributed by atoms with Crippen LogP contribution in [0.25, 0.3) is 11.0 Å². The van der Waals surface area contributed by atoms with Crippen LogP contribution >= 0.6 is 0 Å². The Labute approximate surface area is 65.5 Å². The average Bonchev–Trinajstić information content (AvgIpc) is 2.33. The Balaban J connectivity index is 2.87. The van der Waals surface area contributed by atoms with E-state index in [-0.39, 0.29) is 0 Å². The second kappa shape index (κ2) is 2.09. The maximum atomic E-state index is 4.19. The molecule has 0 N–H and O–H groups in total. The predicted molar refractivity (Wildman–Crippen MR) is 44.3 cm³/mol. The third kappa shape index (κ3) is 0.909. The molecule has 2 rings (SSSR count). The highest BCUT2D eigenvalue weighted by Crippen LogP contribution is 2.11. The Bertz CT molecular complexity index is 387. The van der Waals surface area contributed by atoms with Gasteiger partial charge >= 0.3 is 0 Å². The van der Waals surface area contributed by atoms with Crippen molar-refractivity contribution in [3.8, 4) is 0 Å². The fourth-order valence-electron chi connectivity index (χ4n) is 1.17. The molecule has 2 nitrogen and oxygen atoms in total. The monoisotopic (exact) mass is 145 g/mol. The molecule has 0 unspecified atom stereocenters. The van der Waals surface area contributed by atoms with Crippen LogP contribution in [0.15, 0.2) is 18.5 Å². The second-order valence-electron chi connectivity index (χ2n) is 2.74. The van der Waals surface area contributed by atoms with Crippen LogP contribution in [0.3, 0.4) is 0 Å². The lowest BCUT2D eigenvalue weighted by molar-refractivity contribution is 0.947. The molecule has 0 aliphatic heterocycles. The van der Waals surface area contributed by atoms with Gasteiger partial charge < -0.3 is 4.57 Å². The van der Waals surface area contributed by atoms with Crippen LogP contribution in [0.5, 0.6) is 0 Å². The van der Waals surface area contributed by atoms with E-state index in [9.17, 15) is 0 Å². The molecule has 11 heavy (non-hydrogen) atoms. The molecule has 0 spiro atoms. The Morgan fingerprint density at radius 1 is 1.55 bits per heavy atom. The number of aryl methyl sites for hydroxylation is 2. The summed E-state index contributed by atoms with van der Waals surface area (Å²) in [6.45, 7) is 2.03. The predicted octanol–water partition coefficient (Wildman–Crippen LogP) is 1.68. The van der Waals surface area contributed by atoms with Gasteiger partial charge in [-0.25, -0.2) is 4.98 Å². The lowest BCUT2D eigenvalue weighted by Crippen LogP contribution is -1.83. The lowest BCUT2D eigenvalue weighted by atomic mass is 10.2. The van der Waals surface area contributed by atoms with Gasteiger partial charge in [0.05, 0.1) is 17.4 Å². The lowest BCUT2D eigenvalue weighted by Gasteiger charge is -1.94. The topological polar surface area (TPSA) is 17.8 Å². The number of rotatable bonds is 0. The van der Waals surface area contributed by atoms with E-state index in [1.54, 1.807) is 0 Å². The van der Waals surface area contributed by atoms with Crippen LogP contribution < -0.4 is 0 Å². The molecule has 1 aromatic heterocycles. The van der Waals surface area contributed by atoms with Crippen LogP contribution in [-0.4, -0.2) is 9.55 Å². The van der Waals surface area contributed by atoms with E-state index in [1.165, 1.54) is 5.52 Å². The third-order valence-electron chi connectivity index (χ3n) is 1.80. The first kappa shape index (κ1) is 6.40. The molecule has 0 saturated carbocycles. The third-order valence-corrected chi connectivity index (χ3v) is 1.80. The summed E-state index contributed by atoms with van der Waals surface area (Å²) in [5, 5.41) is 0. The second-order valence-corrected chi connectivity index (χ2v) is 2.74. The number of hydrogen-bond donors (Lipinski definition) is 0. The Hall–Kier alpha value is -1.31. The van der Waals surface area contributed by atoms with Crippen LogP contribution in [0, 0.1) is 13.0 Å². The van der Waals surface area contributed by atoms with Crippen molar-refractivity contribution in [1.29, 1.82) is 0 Å². The van der Waals surface area contributed by atoms with Crippen molar-refractivity contribution in [2.75, 3.05) is 0 Å². The van der Waals surface area contributed by atoms with Crippen LogP contribution in [-0.2, 0) is 7.05 Å². The van der Waals surface area contributed by atoms with Gasteiger partial charge in [-0.15, -0.1) is 0 Å². The highest BCUT2D eigenvalue weighted by Gasteiger charge is 1.97. The average molecular weight is 145 g/mol. The quantitative estimate of drug-likeness (QED) is 0.551. The number of benzene rings is 1. The summed E-state index contributed by atoms with van der Waals surface area (Å²) >= 11 is 0. The molecule has 0 aliphatic carbocycles. The van der Waals surface area contributed by atoms with Gasteiger partial charge in [0.25, 0.3) is 0 Å². The van der Waals surface area contributed by atoms with E-state index in [1.807, 2.05) is 30.9 Å². The summed E-state index contributed by atoms with van der Waals surface area (Å²) in [6, 6.07) is 7.12. The van der Waals surface area contributed by atoms with Crippen LogP contribution in [0.1, 0.15) is 5.56 Å². The Morgan fingerprint density at radius 3 is 3.18 bits per heavy atom. The van der Waals surface area contributed by atoms with E-state index in [2.05, 4.69) is 17.1 Å². The minimum Gasteiger partial charge on any atom is -0.334 e. The molecule has 55 valence electrons. The van der Waals surface area contributed by atoms with Crippen molar-refractivity contribution < 1.29 is 0 Å². The molecule has 0 amide bonds. The molecule has 0 saturated heterocycles. The van der Waals surface area contributed by atoms with Gasteiger partial charge in [0.1, 0.15) is 0 Å². The molecule has 0 fully saturated rings. The number of nitrogens with zero attached hydrogens (tertiary/aromatic N) is 2. The van der Waals surface area contributed by atoms with Crippen molar-refractivity contribution in [3.63, 3.8) is 0 Å².